The second kappa shape index (κ2) is 6.90. The molecule has 1 unspecified atom stereocenters. The quantitative estimate of drug-likeness (QED) is 0.714. The van der Waals surface area contributed by atoms with E-state index < -0.39 is 0 Å². The Hall–Kier alpha value is -2.69. The topological polar surface area (TPSA) is 51.0 Å². The maximum absolute atomic E-state index is 13.0. The zero-order valence-corrected chi connectivity index (χ0v) is 15.3. The first-order chi connectivity index (χ1) is 12.6. The van der Waals surface area contributed by atoms with Crippen LogP contribution in [0, 0.1) is 5.92 Å². The number of hydrogen-bond acceptors (Lipinski definition) is 3. The number of aromatic nitrogens is 3. The monoisotopic (exact) mass is 348 g/mol. The molecule has 5 nitrogen and oxygen atoms in total. The Morgan fingerprint density at radius 2 is 2.08 bits per heavy atom. The van der Waals surface area contributed by atoms with Crippen molar-refractivity contribution in [2.45, 2.75) is 39.3 Å². The van der Waals surface area contributed by atoms with Crippen molar-refractivity contribution in [3.8, 4) is 0 Å². The number of benzene rings is 1. The SMILES string of the molecule is CC(C)Cn1c(C2CCCN2C(=O)c2cccnc2)nc2ccccc21. The van der Waals surface area contributed by atoms with Crippen molar-refractivity contribution in [1.29, 1.82) is 0 Å². The van der Waals surface area contributed by atoms with Gasteiger partial charge in [0.15, 0.2) is 0 Å². The molecule has 1 saturated heterocycles. The van der Waals surface area contributed by atoms with Gasteiger partial charge in [-0.1, -0.05) is 26.0 Å². The van der Waals surface area contributed by atoms with Crippen molar-refractivity contribution in [1.82, 2.24) is 19.4 Å². The summed E-state index contributed by atoms with van der Waals surface area (Å²) in [7, 11) is 0. The maximum Gasteiger partial charge on any atom is 0.256 e. The molecule has 2 aromatic heterocycles. The van der Waals surface area contributed by atoms with E-state index in [1.54, 1.807) is 12.4 Å². The molecule has 1 amide bonds. The minimum absolute atomic E-state index is 0.0221. The highest BCUT2D eigenvalue weighted by atomic mass is 16.2. The molecule has 0 aliphatic carbocycles. The average Bonchev–Trinajstić information content (AvgIpc) is 3.26. The Labute approximate surface area is 153 Å². The molecule has 4 rings (SSSR count). The third kappa shape index (κ3) is 2.98. The summed E-state index contributed by atoms with van der Waals surface area (Å²) in [6.07, 6.45) is 5.30. The molecular weight excluding hydrogens is 324 g/mol. The van der Waals surface area contributed by atoms with Crippen LogP contribution in [-0.4, -0.2) is 31.9 Å². The van der Waals surface area contributed by atoms with E-state index in [2.05, 4.69) is 41.6 Å². The van der Waals surface area contributed by atoms with Crippen LogP contribution in [0.3, 0.4) is 0 Å². The number of rotatable bonds is 4. The van der Waals surface area contributed by atoms with Crippen LogP contribution < -0.4 is 0 Å². The molecule has 0 N–H and O–H groups in total. The van der Waals surface area contributed by atoms with Gasteiger partial charge in [-0.2, -0.15) is 0 Å². The molecule has 134 valence electrons. The number of carbonyl (C=O) groups excluding carboxylic acids is 1. The normalized spacial score (nSPS) is 17.3. The van der Waals surface area contributed by atoms with Gasteiger partial charge in [-0.25, -0.2) is 4.98 Å². The zero-order chi connectivity index (χ0) is 18.1. The highest BCUT2D eigenvalue weighted by Gasteiger charge is 2.34. The number of pyridine rings is 1. The number of likely N-dealkylation sites (tertiary alicyclic amines) is 1. The van der Waals surface area contributed by atoms with E-state index in [0.717, 1.165) is 42.8 Å². The summed E-state index contributed by atoms with van der Waals surface area (Å²) >= 11 is 0. The first-order valence-corrected chi connectivity index (χ1v) is 9.31. The van der Waals surface area contributed by atoms with Gasteiger partial charge in [0.2, 0.25) is 0 Å². The number of fused-ring (bicyclic) bond motifs is 1. The number of para-hydroxylation sites is 2. The fourth-order valence-corrected chi connectivity index (χ4v) is 3.84. The molecule has 3 aromatic rings. The van der Waals surface area contributed by atoms with Crippen molar-refractivity contribution >= 4 is 16.9 Å². The number of amides is 1. The third-order valence-electron chi connectivity index (χ3n) is 4.95. The Morgan fingerprint density at radius 3 is 2.85 bits per heavy atom. The minimum Gasteiger partial charge on any atom is -0.328 e. The van der Waals surface area contributed by atoms with Gasteiger partial charge in [-0.05, 0) is 43.0 Å². The Balaban J connectivity index is 1.75. The first-order valence-electron chi connectivity index (χ1n) is 9.31. The standard InChI is InChI=1S/C21H24N4O/c1-15(2)14-25-18-9-4-3-8-17(18)23-20(25)19-10-6-12-24(19)21(26)16-7-5-11-22-13-16/h3-5,7-9,11,13,15,19H,6,10,12,14H2,1-2H3. The molecule has 26 heavy (non-hydrogen) atoms. The number of nitrogens with zero attached hydrogens (tertiary/aromatic N) is 4. The average molecular weight is 348 g/mol. The lowest BCUT2D eigenvalue weighted by Gasteiger charge is -2.25. The third-order valence-corrected chi connectivity index (χ3v) is 4.95. The summed E-state index contributed by atoms with van der Waals surface area (Å²) in [5.41, 5.74) is 2.80. The van der Waals surface area contributed by atoms with E-state index >= 15 is 0 Å². The fourth-order valence-electron chi connectivity index (χ4n) is 3.84. The highest BCUT2D eigenvalue weighted by molar-refractivity contribution is 5.94. The van der Waals surface area contributed by atoms with Crippen LogP contribution in [0.1, 0.15) is 48.9 Å². The summed E-state index contributed by atoms with van der Waals surface area (Å²) in [4.78, 5) is 24.0. The van der Waals surface area contributed by atoms with Crippen LogP contribution >= 0.6 is 0 Å². The van der Waals surface area contributed by atoms with E-state index in [1.807, 2.05) is 23.1 Å². The molecule has 5 heteroatoms. The van der Waals surface area contributed by atoms with Crippen LogP contribution in [0.25, 0.3) is 11.0 Å². The minimum atomic E-state index is 0.0221. The molecular formula is C21H24N4O. The lowest BCUT2D eigenvalue weighted by molar-refractivity contribution is 0.0727. The predicted molar refractivity (Wildman–Crippen MR) is 102 cm³/mol. The Kier molecular flexibility index (Phi) is 4.45. The predicted octanol–water partition coefficient (Wildman–Crippen LogP) is 4.06. The van der Waals surface area contributed by atoms with Gasteiger partial charge >= 0.3 is 0 Å². The number of carbonyl (C=O) groups is 1. The summed E-state index contributed by atoms with van der Waals surface area (Å²) < 4.78 is 2.31. The van der Waals surface area contributed by atoms with Crippen LogP contribution in [0.2, 0.25) is 0 Å². The number of imidazole rings is 1. The van der Waals surface area contributed by atoms with Crippen LogP contribution in [0.4, 0.5) is 0 Å². The van der Waals surface area contributed by atoms with E-state index in [0.29, 0.717) is 11.5 Å². The number of hydrogen-bond donors (Lipinski definition) is 0. The van der Waals surface area contributed by atoms with Gasteiger partial charge in [0.1, 0.15) is 5.82 Å². The van der Waals surface area contributed by atoms with Gasteiger partial charge in [0, 0.05) is 25.5 Å². The van der Waals surface area contributed by atoms with Gasteiger partial charge in [-0.3, -0.25) is 9.78 Å². The van der Waals surface area contributed by atoms with Gasteiger partial charge in [-0.15, -0.1) is 0 Å². The summed E-state index contributed by atoms with van der Waals surface area (Å²) in [6, 6.07) is 11.9. The second-order valence-corrected chi connectivity index (χ2v) is 7.36. The lowest BCUT2D eigenvalue weighted by Crippen LogP contribution is -2.32. The van der Waals surface area contributed by atoms with Gasteiger partial charge < -0.3 is 9.47 Å². The molecule has 0 radical (unpaired) electrons. The van der Waals surface area contributed by atoms with Crippen molar-refractivity contribution < 1.29 is 4.79 Å². The first kappa shape index (κ1) is 16.8. The second-order valence-electron chi connectivity index (χ2n) is 7.36. The van der Waals surface area contributed by atoms with Gasteiger partial charge in [0.25, 0.3) is 5.91 Å². The molecule has 0 spiro atoms. The Morgan fingerprint density at radius 1 is 1.23 bits per heavy atom. The van der Waals surface area contributed by atoms with Crippen molar-refractivity contribution in [3.63, 3.8) is 0 Å². The Bertz CT molecular complexity index is 916. The van der Waals surface area contributed by atoms with E-state index in [-0.39, 0.29) is 11.9 Å². The largest absolute Gasteiger partial charge is 0.328 e. The van der Waals surface area contributed by atoms with E-state index in [9.17, 15) is 4.79 Å². The van der Waals surface area contributed by atoms with E-state index in [1.165, 1.54) is 0 Å². The van der Waals surface area contributed by atoms with E-state index in [4.69, 9.17) is 4.98 Å². The smallest absolute Gasteiger partial charge is 0.256 e. The molecule has 1 aliphatic rings. The lowest BCUT2D eigenvalue weighted by atomic mass is 10.1. The summed E-state index contributed by atoms with van der Waals surface area (Å²) in [6.45, 7) is 6.10. The molecule has 1 aliphatic heterocycles. The summed E-state index contributed by atoms with van der Waals surface area (Å²) in [5.74, 6) is 1.56. The maximum atomic E-state index is 13.0. The highest BCUT2D eigenvalue weighted by Crippen LogP contribution is 2.34. The molecule has 1 atom stereocenters. The van der Waals surface area contributed by atoms with Crippen molar-refractivity contribution in [2.75, 3.05) is 6.54 Å². The molecule has 0 saturated carbocycles. The summed E-state index contributed by atoms with van der Waals surface area (Å²) in [5, 5.41) is 0. The van der Waals surface area contributed by atoms with Crippen LogP contribution in [-0.2, 0) is 6.54 Å². The van der Waals surface area contributed by atoms with Crippen molar-refractivity contribution in [3.05, 3.63) is 60.2 Å². The zero-order valence-electron chi connectivity index (χ0n) is 15.3. The molecule has 0 bridgehead atoms. The molecule has 1 fully saturated rings. The van der Waals surface area contributed by atoms with Crippen molar-refractivity contribution in [2.24, 2.45) is 5.92 Å². The van der Waals surface area contributed by atoms with Crippen LogP contribution in [0.5, 0.6) is 0 Å². The fraction of sp³-hybridized carbons (Fsp3) is 0.381. The molecule has 3 heterocycles. The molecule has 1 aromatic carbocycles. The van der Waals surface area contributed by atoms with Crippen LogP contribution in [0.15, 0.2) is 48.8 Å². The van der Waals surface area contributed by atoms with Gasteiger partial charge in [0.05, 0.1) is 22.6 Å².